The van der Waals surface area contributed by atoms with Crippen LogP contribution in [0.5, 0.6) is 0 Å². The molecule has 0 bridgehead atoms. The van der Waals surface area contributed by atoms with Crippen molar-refractivity contribution in [2.75, 3.05) is 19.3 Å². The molecule has 0 aliphatic rings. The summed E-state index contributed by atoms with van der Waals surface area (Å²) in [5.41, 5.74) is 0. The van der Waals surface area contributed by atoms with Gasteiger partial charge in [0.25, 0.3) is 0 Å². The second kappa shape index (κ2) is 5.62. The summed E-state index contributed by atoms with van der Waals surface area (Å²) in [7, 11) is -0.0511. The van der Waals surface area contributed by atoms with Crippen LogP contribution in [0, 0.1) is 0 Å². The fraction of sp³-hybridized carbons (Fsp3) is 0.400. The van der Waals surface area contributed by atoms with E-state index in [0.29, 0.717) is 6.54 Å². The molecule has 0 aromatic carbocycles. The average Bonchev–Trinajstić information content (AvgIpc) is 2.77. The third kappa shape index (κ3) is 3.42. The molecule has 7 heteroatoms. The van der Waals surface area contributed by atoms with Gasteiger partial charge in [-0.3, -0.25) is 9.00 Å². The summed E-state index contributed by atoms with van der Waals surface area (Å²) in [4.78, 5) is 23.4. The molecule has 1 aromatic heterocycles. The van der Waals surface area contributed by atoms with Gasteiger partial charge >= 0.3 is 5.97 Å². The molecule has 0 aliphatic heterocycles. The van der Waals surface area contributed by atoms with Crippen LogP contribution in [0.3, 0.4) is 0 Å². The molecule has 0 saturated heterocycles. The predicted molar refractivity (Wildman–Crippen MR) is 60.3 cm³/mol. The van der Waals surface area contributed by atoms with Crippen molar-refractivity contribution in [1.82, 2.24) is 4.90 Å². The molecule has 0 spiro atoms. The van der Waals surface area contributed by atoms with Crippen molar-refractivity contribution in [2.24, 2.45) is 0 Å². The second-order valence-corrected chi connectivity index (χ2v) is 4.70. The summed E-state index contributed by atoms with van der Waals surface area (Å²) < 4.78 is 16.5. The summed E-state index contributed by atoms with van der Waals surface area (Å²) >= 11 is 0. The lowest BCUT2D eigenvalue weighted by atomic mass is 10.5. The Morgan fingerprint density at radius 3 is 2.59 bits per heavy atom. The van der Waals surface area contributed by atoms with Crippen molar-refractivity contribution in [3.05, 3.63) is 17.9 Å². The van der Waals surface area contributed by atoms with Crippen molar-refractivity contribution in [3.63, 3.8) is 0 Å². The van der Waals surface area contributed by atoms with E-state index in [4.69, 9.17) is 9.52 Å². The number of carbonyl (C=O) groups excluding carboxylic acids is 1. The SMILES string of the molecule is CCN(C)C(=O)CS(=O)c1ccc(C(=O)O)o1. The van der Waals surface area contributed by atoms with E-state index in [-0.39, 0.29) is 22.5 Å². The number of hydrogen-bond acceptors (Lipinski definition) is 4. The number of furan rings is 1. The minimum Gasteiger partial charge on any atom is -0.475 e. The van der Waals surface area contributed by atoms with Crippen molar-refractivity contribution in [1.29, 1.82) is 0 Å². The highest BCUT2D eigenvalue weighted by atomic mass is 32.2. The molecular formula is C10H13NO5S. The number of carbonyl (C=O) groups is 2. The zero-order chi connectivity index (χ0) is 13.0. The van der Waals surface area contributed by atoms with Gasteiger partial charge in [-0.2, -0.15) is 0 Å². The van der Waals surface area contributed by atoms with Gasteiger partial charge in [0.2, 0.25) is 11.7 Å². The Morgan fingerprint density at radius 2 is 2.12 bits per heavy atom. The number of rotatable bonds is 5. The second-order valence-electron chi connectivity index (χ2n) is 3.32. The molecule has 94 valence electrons. The smallest absolute Gasteiger partial charge is 0.371 e. The first-order valence-corrected chi connectivity index (χ1v) is 6.23. The lowest BCUT2D eigenvalue weighted by Crippen LogP contribution is -2.30. The highest BCUT2D eigenvalue weighted by Gasteiger charge is 2.17. The number of aromatic carboxylic acids is 1. The Balaban J connectivity index is 2.70. The Morgan fingerprint density at radius 1 is 1.47 bits per heavy atom. The molecule has 1 N–H and O–H groups in total. The molecule has 1 rings (SSSR count). The van der Waals surface area contributed by atoms with Gasteiger partial charge in [-0.15, -0.1) is 0 Å². The fourth-order valence-corrected chi connectivity index (χ4v) is 2.02. The van der Waals surface area contributed by atoms with Crippen LogP contribution in [0.25, 0.3) is 0 Å². The highest BCUT2D eigenvalue weighted by molar-refractivity contribution is 7.85. The van der Waals surface area contributed by atoms with E-state index in [2.05, 4.69) is 0 Å². The van der Waals surface area contributed by atoms with Gasteiger partial charge in [-0.1, -0.05) is 0 Å². The highest BCUT2D eigenvalue weighted by Crippen LogP contribution is 2.12. The summed E-state index contributed by atoms with van der Waals surface area (Å²) in [6.45, 7) is 2.32. The van der Waals surface area contributed by atoms with Crippen LogP contribution >= 0.6 is 0 Å². The van der Waals surface area contributed by atoms with Gasteiger partial charge in [0.1, 0.15) is 5.75 Å². The van der Waals surface area contributed by atoms with Gasteiger partial charge < -0.3 is 14.4 Å². The van der Waals surface area contributed by atoms with Gasteiger partial charge in [-0.05, 0) is 19.1 Å². The summed E-state index contributed by atoms with van der Waals surface area (Å²) in [6.07, 6.45) is 0. The van der Waals surface area contributed by atoms with E-state index in [1.807, 2.05) is 0 Å². The van der Waals surface area contributed by atoms with E-state index < -0.39 is 16.8 Å². The zero-order valence-corrected chi connectivity index (χ0v) is 10.3. The fourth-order valence-electron chi connectivity index (χ4n) is 1.03. The molecule has 1 unspecified atom stereocenters. The van der Waals surface area contributed by atoms with Crippen LogP contribution in [0.1, 0.15) is 17.5 Å². The van der Waals surface area contributed by atoms with Crippen molar-refractivity contribution < 1.29 is 23.3 Å². The molecule has 0 fully saturated rings. The maximum atomic E-state index is 11.7. The molecule has 17 heavy (non-hydrogen) atoms. The quantitative estimate of drug-likeness (QED) is 0.835. The molecule has 0 aliphatic carbocycles. The zero-order valence-electron chi connectivity index (χ0n) is 9.50. The van der Waals surface area contributed by atoms with Crippen molar-refractivity contribution in [3.8, 4) is 0 Å². The number of hydrogen-bond donors (Lipinski definition) is 1. The van der Waals surface area contributed by atoms with E-state index in [1.54, 1.807) is 14.0 Å². The molecule has 6 nitrogen and oxygen atoms in total. The predicted octanol–water partition coefficient (Wildman–Crippen LogP) is 0.564. The van der Waals surface area contributed by atoms with Crippen molar-refractivity contribution in [2.45, 2.75) is 12.0 Å². The number of carboxylic acids is 1. The van der Waals surface area contributed by atoms with E-state index in [9.17, 15) is 13.8 Å². The van der Waals surface area contributed by atoms with Crippen molar-refractivity contribution >= 4 is 22.7 Å². The Bertz CT molecular complexity index is 453. The summed E-state index contributed by atoms with van der Waals surface area (Å²) in [5, 5.41) is 8.62. The molecular weight excluding hydrogens is 246 g/mol. The van der Waals surface area contributed by atoms with E-state index >= 15 is 0 Å². The number of amides is 1. The van der Waals surface area contributed by atoms with Crippen LogP contribution < -0.4 is 0 Å². The first-order chi connectivity index (χ1) is 7.95. The monoisotopic (exact) mass is 259 g/mol. The maximum absolute atomic E-state index is 11.7. The van der Waals surface area contributed by atoms with Gasteiger partial charge in [-0.25, -0.2) is 4.79 Å². The number of carboxylic acid groups (broad SMARTS) is 1. The first-order valence-electron chi connectivity index (χ1n) is 4.91. The largest absolute Gasteiger partial charge is 0.475 e. The molecule has 1 aromatic rings. The van der Waals surface area contributed by atoms with Gasteiger partial charge in [0.15, 0.2) is 5.09 Å². The standard InChI is InChI=1S/C10H13NO5S/c1-3-11(2)8(12)6-17(15)9-5-4-7(16-9)10(13)14/h4-5H,3,6H2,1-2H3,(H,13,14). The summed E-state index contributed by atoms with van der Waals surface area (Å²) in [5.74, 6) is -2.01. The molecule has 1 atom stereocenters. The van der Waals surface area contributed by atoms with Crippen LogP contribution in [0.4, 0.5) is 0 Å². The molecule has 1 heterocycles. The molecule has 0 saturated carbocycles. The topological polar surface area (TPSA) is 87.8 Å². The third-order valence-corrected chi connectivity index (χ3v) is 3.35. The summed E-state index contributed by atoms with van der Waals surface area (Å²) in [6, 6.07) is 2.52. The Labute approximate surface area is 101 Å². The van der Waals surface area contributed by atoms with Crippen LogP contribution in [0.2, 0.25) is 0 Å². The van der Waals surface area contributed by atoms with E-state index in [0.717, 1.165) is 0 Å². The van der Waals surface area contributed by atoms with Crippen LogP contribution in [-0.2, 0) is 15.6 Å². The van der Waals surface area contributed by atoms with Gasteiger partial charge in [0.05, 0.1) is 10.8 Å². The first kappa shape index (κ1) is 13.4. The Kier molecular flexibility index (Phi) is 4.45. The Hall–Kier alpha value is -1.63. The van der Waals surface area contributed by atoms with Crippen LogP contribution in [-0.4, -0.2) is 45.4 Å². The van der Waals surface area contributed by atoms with Crippen LogP contribution in [0.15, 0.2) is 21.6 Å². The average molecular weight is 259 g/mol. The molecule has 1 amide bonds. The molecule has 0 radical (unpaired) electrons. The minimum atomic E-state index is -1.65. The van der Waals surface area contributed by atoms with E-state index in [1.165, 1.54) is 17.0 Å². The maximum Gasteiger partial charge on any atom is 0.371 e. The lowest BCUT2D eigenvalue weighted by Gasteiger charge is -2.13. The number of nitrogens with zero attached hydrogens (tertiary/aromatic N) is 1. The third-order valence-electron chi connectivity index (χ3n) is 2.17. The minimum absolute atomic E-state index is 0.000234. The van der Waals surface area contributed by atoms with Gasteiger partial charge in [0, 0.05) is 13.6 Å². The lowest BCUT2D eigenvalue weighted by molar-refractivity contribution is -0.126. The normalized spacial score (nSPS) is 12.1.